The summed E-state index contributed by atoms with van der Waals surface area (Å²) >= 11 is 0. The maximum atomic E-state index is 13.6. The van der Waals surface area contributed by atoms with Gasteiger partial charge in [0.15, 0.2) is 0 Å². The maximum Gasteiger partial charge on any atom is 0.326 e. The molecule has 1 saturated carbocycles. The average molecular weight is 281 g/mol. The van der Waals surface area contributed by atoms with Crippen LogP contribution in [0.15, 0.2) is 24.3 Å². The fourth-order valence-electron chi connectivity index (χ4n) is 2.77. The summed E-state index contributed by atoms with van der Waals surface area (Å²) in [5.74, 6) is -0.754. The van der Waals surface area contributed by atoms with Gasteiger partial charge >= 0.3 is 5.97 Å². The second kappa shape index (κ2) is 6.33. The third kappa shape index (κ3) is 2.99. The molecule has 4 nitrogen and oxygen atoms in total. The van der Waals surface area contributed by atoms with Gasteiger partial charge in [-0.25, -0.2) is 4.39 Å². The van der Waals surface area contributed by atoms with Gasteiger partial charge < -0.3 is 9.84 Å². The Kier molecular flexibility index (Phi) is 4.73. The molecule has 1 fully saturated rings. The zero-order valence-corrected chi connectivity index (χ0v) is 11.6. The fraction of sp³-hybridized carbons (Fsp3) is 0.533. The molecule has 20 heavy (non-hydrogen) atoms. The molecule has 1 aromatic carbocycles. The van der Waals surface area contributed by atoms with E-state index in [0.717, 1.165) is 12.8 Å². The minimum atomic E-state index is -0.988. The van der Waals surface area contributed by atoms with Crippen molar-refractivity contribution in [3.8, 4) is 0 Å². The van der Waals surface area contributed by atoms with Gasteiger partial charge in [0.2, 0.25) is 0 Å². The number of aliphatic hydroxyl groups is 1. The van der Waals surface area contributed by atoms with Gasteiger partial charge in [-0.2, -0.15) is 0 Å². The minimum Gasteiger partial charge on any atom is -0.468 e. The van der Waals surface area contributed by atoms with E-state index in [9.17, 15) is 14.3 Å². The van der Waals surface area contributed by atoms with Crippen molar-refractivity contribution in [2.75, 3.05) is 13.7 Å². The molecule has 0 radical (unpaired) electrons. The summed E-state index contributed by atoms with van der Waals surface area (Å²) in [4.78, 5) is 11.9. The molecule has 1 aliphatic carbocycles. The van der Waals surface area contributed by atoms with E-state index in [1.54, 1.807) is 18.2 Å². The molecule has 1 unspecified atom stereocenters. The first-order valence-electron chi connectivity index (χ1n) is 6.85. The Morgan fingerprint density at radius 2 is 2.10 bits per heavy atom. The van der Waals surface area contributed by atoms with Crippen molar-refractivity contribution >= 4 is 5.97 Å². The Morgan fingerprint density at radius 1 is 1.45 bits per heavy atom. The Bertz CT molecular complexity index is 472. The number of benzene rings is 1. The molecule has 5 heteroatoms. The van der Waals surface area contributed by atoms with Gasteiger partial charge in [-0.3, -0.25) is 10.1 Å². The van der Waals surface area contributed by atoms with E-state index in [2.05, 4.69) is 5.32 Å². The lowest BCUT2D eigenvalue weighted by molar-refractivity contribution is -0.148. The van der Waals surface area contributed by atoms with Crippen LogP contribution in [0.25, 0.3) is 0 Å². The summed E-state index contributed by atoms with van der Waals surface area (Å²) in [5.41, 5.74) is -0.501. The summed E-state index contributed by atoms with van der Waals surface area (Å²) < 4.78 is 18.4. The number of ether oxygens (including phenoxy) is 1. The highest BCUT2D eigenvalue weighted by atomic mass is 19.1. The Balaban J connectivity index is 2.03. The third-order valence-corrected chi connectivity index (χ3v) is 3.93. The number of rotatable bonds is 5. The molecule has 0 bridgehead atoms. The smallest absolute Gasteiger partial charge is 0.326 e. The number of nitrogens with one attached hydrogen (secondary N) is 1. The molecule has 0 saturated heterocycles. The summed E-state index contributed by atoms with van der Waals surface area (Å²) in [6.07, 6.45) is 2.27. The standard InChI is InChI=1S/C15H20FNO3/c1-20-14(19)15(8-4-5-9-15)17-10-13(18)11-6-2-3-7-12(11)16/h2-3,6-7,13,17-18H,4-5,8-10H2,1H3. The highest BCUT2D eigenvalue weighted by Gasteiger charge is 2.42. The molecule has 110 valence electrons. The SMILES string of the molecule is COC(=O)C1(NCC(O)c2ccccc2F)CCCC1. The fourth-order valence-corrected chi connectivity index (χ4v) is 2.77. The molecule has 0 aromatic heterocycles. The zero-order valence-electron chi connectivity index (χ0n) is 11.6. The summed E-state index contributed by atoms with van der Waals surface area (Å²) in [6, 6.07) is 6.10. The van der Waals surface area contributed by atoms with Crippen molar-refractivity contribution in [2.45, 2.75) is 37.3 Å². The van der Waals surface area contributed by atoms with E-state index in [-0.39, 0.29) is 18.1 Å². The highest BCUT2D eigenvalue weighted by Crippen LogP contribution is 2.31. The number of halogens is 1. The van der Waals surface area contributed by atoms with Crippen molar-refractivity contribution in [1.82, 2.24) is 5.32 Å². The second-order valence-corrected chi connectivity index (χ2v) is 5.20. The number of carbonyl (C=O) groups is 1. The molecule has 2 rings (SSSR count). The number of β-amino-alcohol motifs (C(OH)–C–C–N with tert-alkyl or cyclic N) is 1. The molecule has 1 aromatic rings. The van der Waals surface area contributed by atoms with Gasteiger partial charge in [0.1, 0.15) is 11.4 Å². The van der Waals surface area contributed by atoms with E-state index in [1.807, 2.05) is 0 Å². The molecule has 2 N–H and O–H groups in total. The van der Waals surface area contributed by atoms with Gasteiger partial charge in [0.05, 0.1) is 13.2 Å². The van der Waals surface area contributed by atoms with E-state index in [1.165, 1.54) is 13.2 Å². The first-order chi connectivity index (χ1) is 9.59. The quantitative estimate of drug-likeness (QED) is 0.810. The Labute approximate surface area is 117 Å². The monoisotopic (exact) mass is 281 g/mol. The lowest BCUT2D eigenvalue weighted by Gasteiger charge is -2.28. The topological polar surface area (TPSA) is 58.6 Å². The number of methoxy groups -OCH3 is 1. The maximum absolute atomic E-state index is 13.6. The van der Waals surface area contributed by atoms with Crippen molar-refractivity contribution < 1.29 is 19.0 Å². The van der Waals surface area contributed by atoms with Gasteiger partial charge in [-0.05, 0) is 18.9 Å². The van der Waals surface area contributed by atoms with Gasteiger partial charge in [0, 0.05) is 12.1 Å². The van der Waals surface area contributed by atoms with E-state index in [4.69, 9.17) is 4.74 Å². The lowest BCUT2D eigenvalue weighted by atomic mass is 9.97. The van der Waals surface area contributed by atoms with Crippen molar-refractivity contribution in [3.63, 3.8) is 0 Å². The van der Waals surface area contributed by atoms with Gasteiger partial charge in [0.25, 0.3) is 0 Å². The van der Waals surface area contributed by atoms with Crippen molar-refractivity contribution in [3.05, 3.63) is 35.6 Å². The third-order valence-electron chi connectivity index (χ3n) is 3.93. The highest BCUT2D eigenvalue weighted by molar-refractivity contribution is 5.81. The van der Waals surface area contributed by atoms with Crippen LogP contribution in [0.5, 0.6) is 0 Å². The van der Waals surface area contributed by atoms with Crippen molar-refractivity contribution in [2.24, 2.45) is 0 Å². The van der Waals surface area contributed by atoms with Crippen LogP contribution < -0.4 is 5.32 Å². The lowest BCUT2D eigenvalue weighted by Crippen LogP contribution is -2.51. The molecule has 0 amide bonds. The minimum absolute atomic E-state index is 0.121. The number of hydrogen-bond donors (Lipinski definition) is 2. The Morgan fingerprint density at radius 3 is 2.70 bits per heavy atom. The average Bonchev–Trinajstić information content (AvgIpc) is 2.94. The van der Waals surface area contributed by atoms with Crippen LogP contribution in [-0.4, -0.2) is 30.3 Å². The summed E-state index contributed by atoms with van der Waals surface area (Å²) in [5, 5.41) is 13.2. The largest absolute Gasteiger partial charge is 0.468 e. The number of esters is 1. The Hall–Kier alpha value is -1.46. The number of aliphatic hydroxyl groups excluding tert-OH is 1. The van der Waals surface area contributed by atoms with Crippen LogP contribution in [0.1, 0.15) is 37.4 Å². The van der Waals surface area contributed by atoms with Crippen LogP contribution >= 0.6 is 0 Å². The van der Waals surface area contributed by atoms with Crippen LogP contribution in [0.2, 0.25) is 0 Å². The van der Waals surface area contributed by atoms with Crippen LogP contribution in [0, 0.1) is 5.82 Å². The molecular formula is C15H20FNO3. The number of hydrogen-bond acceptors (Lipinski definition) is 4. The van der Waals surface area contributed by atoms with E-state index in [0.29, 0.717) is 12.8 Å². The first-order valence-corrected chi connectivity index (χ1v) is 6.85. The summed E-state index contributed by atoms with van der Waals surface area (Å²) in [6.45, 7) is 0.121. The predicted octanol–water partition coefficient (Wildman–Crippen LogP) is 1.93. The first kappa shape index (κ1) is 14.9. The van der Waals surface area contributed by atoms with E-state index < -0.39 is 17.5 Å². The molecule has 0 heterocycles. The molecule has 1 atom stereocenters. The number of carbonyl (C=O) groups excluding carboxylic acids is 1. The normalized spacial score (nSPS) is 18.8. The van der Waals surface area contributed by atoms with Gasteiger partial charge in [-0.15, -0.1) is 0 Å². The van der Waals surface area contributed by atoms with Crippen LogP contribution in [0.3, 0.4) is 0 Å². The van der Waals surface area contributed by atoms with Crippen LogP contribution in [0.4, 0.5) is 4.39 Å². The molecule has 0 spiro atoms. The van der Waals surface area contributed by atoms with Gasteiger partial charge in [-0.1, -0.05) is 31.0 Å². The molecular weight excluding hydrogens is 261 g/mol. The van der Waals surface area contributed by atoms with Crippen molar-refractivity contribution in [1.29, 1.82) is 0 Å². The van der Waals surface area contributed by atoms with E-state index >= 15 is 0 Å². The second-order valence-electron chi connectivity index (χ2n) is 5.20. The predicted molar refractivity (Wildman–Crippen MR) is 72.6 cm³/mol. The molecule has 0 aliphatic heterocycles. The summed E-state index contributed by atoms with van der Waals surface area (Å²) in [7, 11) is 1.36. The molecule has 1 aliphatic rings. The zero-order chi connectivity index (χ0) is 14.6. The van der Waals surface area contributed by atoms with Crippen LogP contribution in [-0.2, 0) is 9.53 Å².